The number of ketones is 1. The number of amides is 1. The molecule has 146 valence electrons. The van der Waals surface area contributed by atoms with Crippen LogP contribution in [0.4, 0.5) is 14.6 Å². The Morgan fingerprint density at radius 1 is 1.04 bits per heavy atom. The summed E-state index contributed by atoms with van der Waals surface area (Å²) in [6.07, 6.45) is 4.15. The summed E-state index contributed by atoms with van der Waals surface area (Å²) >= 11 is 0. The van der Waals surface area contributed by atoms with Gasteiger partial charge in [-0.25, -0.2) is 13.8 Å². The topological polar surface area (TPSA) is 62.3 Å². The summed E-state index contributed by atoms with van der Waals surface area (Å²) in [6.45, 7) is 1.86. The molecule has 1 aromatic heterocycles. The number of aromatic nitrogens is 1. The van der Waals surface area contributed by atoms with Crippen molar-refractivity contribution in [2.24, 2.45) is 5.92 Å². The van der Waals surface area contributed by atoms with E-state index in [-0.39, 0.29) is 23.1 Å². The van der Waals surface area contributed by atoms with E-state index < -0.39 is 17.5 Å². The van der Waals surface area contributed by atoms with E-state index in [9.17, 15) is 18.4 Å². The molecule has 2 aliphatic rings. The molecule has 2 heterocycles. The zero-order valence-electron chi connectivity index (χ0n) is 15.3. The lowest BCUT2D eigenvalue weighted by atomic mass is 9.90. The molecular formula is C21H21F2N3O2. The molecule has 1 saturated carbocycles. The van der Waals surface area contributed by atoms with Crippen molar-refractivity contribution in [2.45, 2.75) is 31.7 Å². The van der Waals surface area contributed by atoms with E-state index in [2.05, 4.69) is 15.2 Å². The summed E-state index contributed by atoms with van der Waals surface area (Å²) in [4.78, 5) is 31.7. The summed E-state index contributed by atoms with van der Waals surface area (Å²) in [7, 11) is 0. The summed E-state index contributed by atoms with van der Waals surface area (Å²) in [5.74, 6) is -2.38. The first-order valence-corrected chi connectivity index (χ1v) is 9.53. The maximum atomic E-state index is 13.8. The molecule has 5 nitrogen and oxygen atoms in total. The zero-order valence-corrected chi connectivity index (χ0v) is 15.3. The van der Waals surface area contributed by atoms with Crippen LogP contribution in [0.1, 0.15) is 46.5 Å². The third kappa shape index (κ3) is 4.09. The van der Waals surface area contributed by atoms with Gasteiger partial charge in [0.05, 0.1) is 5.56 Å². The quantitative estimate of drug-likeness (QED) is 0.798. The van der Waals surface area contributed by atoms with Crippen LogP contribution in [0.15, 0.2) is 36.4 Å². The molecule has 1 aliphatic heterocycles. The molecule has 7 heteroatoms. The lowest BCUT2D eigenvalue weighted by Crippen LogP contribution is -2.37. The van der Waals surface area contributed by atoms with Gasteiger partial charge in [0, 0.05) is 18.0 Å². The molecule has 1 N–H and O–H groups in total. The number of Topliss-reactive ketones (excluding diaryl/α,β-unsaturated/α-hetero) is 1. The van der Waals surface area contributed by atoms with Crippen molar-refractivity contribution in [1.29, 1.82) is 0 Å². The first-order chi connectivity index (χ1) is 13.5. The molecule has 1 amide bonds. The molecular weight excluding hydrogens is 364 g/mol. The SMILES string of the molecule is O=C(Nc1cccc(C(=O)C2CCN(C3CC3)CC2)n1)c1ccc(F)cc1F. The number of rotatable bonds is 5. The van der Waals surface area contributed by atoms with Gasteiger partial charge in [0.1, 0.15) is 23.1 Å². The number of halogens is 2. The van der Waals surface area contributed by atoms with E-state index in [4.69, 9.17) is 0 Å². The number of carbonyl (C=O) groups excluding carboxylic acids is 2. The van der Waals surface area contributed by atoms with Gasteiger partial charge < -0.3 is 10.2 Å². The van der Waals surface area contributed by atoms with Crippen LogP contribution in [0.5, 0.6) is 0 Å². The maximum absolute atomic E-state index is 13.8. The Morgan fingerprint density at radius 2 is 1.79 bits per heavy atom. The van der Waals surface area contributed by atoms with Crippen LogP contribution in [0.25, 0.3) is 0 Å². The van der Waals surface area contributed by atoms with E-state index in [1.165, 1.54) is 18.9 Å². The third-order valence-corrected chi connectivity index (χ3v) is 5.38. The van der Waals surface area contributed by atoms with Crippen molar-refractivity contribution in [3.8, 4) is 0 Å². The van der Waals surface area contributed by atoms with Crippen molar-refractivity contribution >= 4 is 17.5 Å². The zero-order chi connectivity index (χ0) is 19.7. The van der Waals surface area contributed by atoms with Gasteiger partial charge in [-0.1, -0.05) is 6.07 Å². The molecule has 2 fully saturated rings. The summed E-state index contributed by atoms with van der Waals surface area (Å²) < 4.78 is 26.8. The molecule has 4 rings (SSSR count). The van der Waals surface area contributed by atoms with Crippen LogP contribution in [-0.4, -0.2) is 40.7 Å². The predicted molar refractivity (Wildman–Crippen MR) is 100 cm³/mol. The largest absolute Gasteiger partial charge is 0.306 e. The molecule has 0 atom stereocenters. The highest BCUT2D eigenvalue weighted by molar-refractivity contribution is 6.04. The second-order valence-corrected chi connectivity index (χ2v) is 7.39. The molecule has 0 unspecified atom stereocenters. The van der Waals surface area contributed by atoms with Gasteiger partial charge >= 0.3 is 0 Å². The molecule has 28 heavy (non-hydrogen) atoms. The number of hydrogen-bond acceptors (Lipinski definition) is 4. The van der Waals surface area contributed by atoms with E-state index >= 15 is 0 Å². The highest BCUT2D eigenvalue weighted by atomic mass is 19.1. The lowest BCUT2D eigenvalue weighted by Gasteiger charge is -2.31. The minimum absolute atomic E-state index is 0.0282. The number of pyridine rings is 1. The Bertz CT molecular complexity index is 906. The molecule has 1 saturated heterocycles. The Morgan fingerprint density at radius 3 is 2.46 bits per heavy atom. The average Bonchev–Trinajstić information content (AvgIpc) is 3.53. The highest BCUT2D eigenvalue weighted by Gasteiger charge is 2.34. The van der Waals surface area contributed by atoms with E-state index in [0.29, 0.717) is 17.8 Å². The Hall–Kier alpha value is -2.67. The van der Waals surface area contributed by atoms with Crippen LogP contribution in [-0.2, 0) is 0 Å². The summed E-state index contributed by atoms with van der Waals surface area (Å²) in [5, 5.41) is 2.47. The van der Waals surface area contributed by atoms with Crippen molar-refractivity contribution in [2.75, 3.05) is 18.4 Å². The van der Waals surface area contributed by atoms with Gasteiger partial charge in [-0.2, -0.15) is 0 Å². The molecule has 0 radical (unpaired) electrons. The molecule has 1 aromatic carbocycles. The molecule has 0 bridgehead atoms. The van der Waals surface area contributed by atoms with E-state index in [1.807, 2.05) is 0 Å². The number of carbonyl (C=O) groups is 2. The smallest absolute Gasteiger partial charge is 0.259 e. The van der Waals surface area contributed by atoms with E-state index in [1.54, 1.807) is 12.1 Å². The van der Waals surface area contributed by atoms with Crippen molar-refractivity contribution < 1.29 is 18.4 Å². The van der Waals surface area contributed by atoms with Gasteiger partial charge in [0.25, 0.3) is 5.91 Å². The lowest BCUT2D eigenvalue weighted by molar-refractivity contribution is 0.0828. The van der Waals surface area contributed by atoms with Crippen LogP contribution in [0.3, 0.4) is 0 Å². The van der Waals surface area contributed by atoms with Crippen LogP contribution >= 0.6 is 0 Å². The fourth-order valence-corrected chi connectivity index (χ4v) is 3.67. The second kappa shape index (κ2) is 7.75. The Kier molecular flexibility index (Phi) is 5.17. The minimum atomic E-state index is -0.952. The van der Waals surface area contributed by atoms with Crippen LogP contribution in [0.2, 0.25) is 0 Å². The first kappa shape index (κ1) is 18.7. The second-order valence-electron chi connectivity index (χ2n) is 7.39. The normalized spacial score (nSPS) is 18.1. The number of nitrogens with one attached hydrogen (secondary N) is 1. The first-order valence-electron chi connectivity index (χ1n) is 9.53. The number of nitrogens with zero attached hydrogens (tertiary/aromatic N) is 2. The number of anilines is 1. The van der Waals surface area contributed by atoms with Crippen LogP contribution < -0.4 is 5.32 Å². The predicted octanol–water partition coefficient (Wildman–Crippen LogP) is 3.67. The summed E-state index contributed by atoms with van der Waals surface area (Å²) in [5.41, 5.74) is 0.00891. The Balaban J connectivity index is 1.42. The maximum Gasteiger partial charge on any atom is 0.259 e. The fourth-order valence-electron chi connectivity index (χ4n) is 3.67. The molecule has 0 spiro atoms. The third-order valence-electron chi connectivity index (χ3n) is 5.38. The fraction of sp³-hybridized carbons (Fsp3) is 0.381. The standard InChI is InChI=1S/C21H21F2N3O2/c22-14-4-7-16(17(23)12-14)21(28)25-19-3-1-2-18(24-19)20(27)13-8-10-26(11-9-13)15-5-6-15/h1-4,7,12-13,15H,5-6,8-11H2,(H,24,25,28). The number of likely N-dealkylation sites (tertiary alicyclic amines) is 1. The van der Waals surface area contributed by atoms with Gasteiger partial charge in [-0.3, -0.25) is 9.59 Å². The highest BCUT2D eigenvalue weighted by Crippen LogP contribution is 2.31. The van der Waals surface area contributed by atoms with E-state index in [0.717, 1.165) is 38.1 Å². The Labute approximate surface area is 161 Å². The monoisotopic (exact) mass is 385 g/mol. The van der Waals surface area contributed by atoms with Crippen molar-refractivity contribution in [1.82, 2.24) is 9.88 Å². The van der Waals surface area contributed by atoms with Crippen LogP contribution in [0, 0.1) is 17.6 Å². The average molecular weight is 385 g/mol. The molecule has 1 aliphatic carbocycles. The number of piperidine rings is 1. The summed E-state index contributed by atoms with van der Waals surface area (Å²) in [6, 6.07) is 8.24. The van der Waals surface area contributed by atoms with Gasteiger partial charge in [-0.15, -0.1) is 0 Å². The van der Waals surface area contributed by atoms with Gasteiger partial charge in [0.2, 0.25) is 0 Å². The van der Waals surface area contributed by atoms with Gasteiger partial charge in [0.15, 0.2) is 5.78 Å². The van der Waals surface area contributed by atoms with Crippen molar-refractivity contribution in [3.05, 3.63) is 59.3 Å². The minimum Gasteiger partial charge on any atom is -0.306 e. The van der Waals surface area contributed by atoms with Gasteiger partial charge in [-0.05, 0) is 63.0 Å². The van der Waals surface area contributed by atoms with Crippen molar-refractivity contribution in [3.63, 3.8) is 0 Å². The number of hydrogen-bond donors (Lipinski definition) is 1. The number of benzene rings is 1. The molecule has 2 aromatic rings.